The van der Waals surface area contributed by atoms with Crippen molar-refractivity contribution in [3.05, 3.63) is 12.2 Å². The Labute approximate surface area is 104 Å². The van der Waals surface area contributed by atoms with E-state index >= 15 is 0 Å². The number of amides is 1. The Morgan fingerprint density at radius 2 is 1.94 bits per heavy atom. The Morgan fingerprint density at radius 1 is 1.41 bits per heavy atom. The maximum Gasteiger partial charge on any atom is 0.407 e. The largest absolute Gasteiger partial charge is 0.453 e. The van der Waals surface area contributed by atoms with Gasteiger partial charge >= 0.3 is 6.09 Å². The topological polar surface area (TPSA) is 47.6 Å². The van der Waals surface area contributed by atoms with Crippen LogP contribution in [0, 0.1) is 5.92 Å². The van der Waals surface area contributed by atoms with Crippen molar-refractivity contribution in [2.24, 2.45) is 5.92 Å². The summed E-state index contributed by atoms with van der Waals surface area (Å²) in [5, 5.41) is 2.82. The van der Waals surface area contributed by atoms with Crippen molar-refractivity contribution in [1.29, 1.82) is 0 Å². The van der Waals surface area contributed by atoms with Crippen LogP contribution >= 0.6 is 0 Å². The van der Waals surface area contributed by atoms with E-state index in [1.54, 1.807) is 0 Å². The highest BCUT2D eigenvalue weighted by atomic mass is 16.5. The molecule has 1 saturated heterocycles. The van der Waals surface area contributed by atoms with Gasteiger partial charge in [-0.15, -0.1) is 0 Å². The average molecular weight is 243 g/mol. The van der Waals surface area contributed by atoms with Crippen LogP contribution < -0.4 is 5.32 Å². The highest BCUT2D eigenvalue weighted by Gasteiger charge is 2.26. The van der Waals surface area contributed by atoms with Gasteiger partial charge in [0.1, 0.15) is 0 Å². The molecule has 0 bridgehead atoms. The van der Waals surface area contributed by atoms with Gasteiger partial charge in [0.2, 0.25) is 0 Å². The predicted molar refractivity (Wildman–Crippen MR) is 69.0 cm³/mol. The van der Waals surface area contributed by atoms with E-state index in [2.05, 4.69) is 16.6 Å². The molecule has 0 aromatic carbocycles. The Bertz CT molecular complexity index is 235. The summed E-state index contributed by atoms with van der Waals surface area (Å²) in [5.74, 6) is 0.412. The van der Waals surface area contributed by atoms with Crippen molar-refractivity contribution < 1.29 is 14.3 Å². The first-order valence-corrected chi connectivity index (χ1v) is 6.22. The second-order valence-corrected chi connectivity index (χ2v) is 3.91. The van der Waals surface area contributed by atoms with Crippen molar-refractivity contribution in [3.63, 3.8) is 0 Å². The van der Waals surface area contributed by atoms with Gasteiger partial charge in [-0.1, -0.05) is 26.0 Å². The Morgan fingerprint density at radius 3 is 2.35 bits per heavy atom. The Balaban J connectivity index is 0.00000121. The fraction of sp³-hybridized carbons (Fsp3) is 0.769. The lowest BCUT2D eigenvalue weighted by Crippen LogP contribution is -2.42. The van der Waals surface area contributed by atoms with Gasteiger partial charge < -0.3 is 14.8 Å². The molecule has 0 aromatic heterocycles. The second-order valence-electron chi connectivity index (χ2n) is 3.91. The predicted octanol–water partition coefficient (Wildman–Crippen LogP) is 2.74. The van der Waals surface area contributed by atoms with Crippen LogP contribution in [0.3, 0.4) is 0 Å². The highest BCUT2D eigenvalue weighted by molar-refractivity contribution is 5.67. The first-order chi connectivity index (χ1) is 8.15. The average Bonchev–Trinajstić information content (AvgIpc) is 2.38. The molecule has 1 aliphatic heterocycles. The van der Waals surface area contributed by atoms with E-state index in [1.165, 1.54) is 7.11 Å². The van der Waals surface area contributed by atoms with E-state index in [0.29, 0.717) is 5.92 Å². The summed E-state index contributed by atoms with van der Waals surface area (Å²) in [6, 6.07) is 0.00125. The molecular weight excluding hydrogens is 218 g/mol. The lowest BCUT2D eigenvalue weighted by atomic mass is 9.88. The number of methoxy groups -OCH3 is 1. The molecule has 0 radical (unpaired) electrons. The van der Waals surface area contributed by atoms with Crippen LogP contribution in [-0.2, 0) is 9.47 Å². The van der Waals surface area contributed by atoms with Gasteiger partial charge in [0.05, 0.1) is 13.2 Å². The summed E-state index contributed by atoms with van der Waals surface area (Å²) < 4.78 is 9.89. The first-order valence-electron chi connectivity index (χ1n) is 6.22. The molecule has 0 aliphatic carbocycles. The SMILES string of the molecule is C=C(C)C(NC(=O)OC)C1CCOCC1.CC. The summed E-state index contributed by atoms with van der Waals surface area (Å²) >= 11 is 0. The van der Waals surface area contributed by atoms with E-state index in [-0.39, 0.29) is 6.04 Å². The third kappa shape index (κ3) is 5.73. The zero-order valence-electron chi connectivity index (χ0n) is 11.4. The van der Waals surface area contributed by atoms with Crippen LogP contribution in [0.25, 0.3) is 0 Å². The fourth-order valence-corrected chi connectivity index (χ4v) is 1.88. The molecule has 1 atom stereocenters. The van der Waals surface area contributed by atoms with E-state index in [1.807, 2.05) is 20.8 Å². The molecule has 17 heavy (non-hydrogen) atoms. The van der Waals surface area contributed by atoms with Crippen LogP contribution in [-0.4, -0.2) is 32.5 Å². The number of carbonyl (C=O) groups is 1. The van der Waals surface area contributed by atoms with E-state index in [0.717, 1.165) is 31.6 Å². The molecule has 1 aliphatic rings. The van der Waals surface area contributed by atoms with Crippen molar-refractivity contribution in [2.75, 3.05) is 20.3 Å². The molecule has 0 aromatic rings. The van der Waals surface area contributed by atoms with Crippen molar-refractivity contribution in [1.82, 2.24) is 5.32 Å². The molecule has 0 saturated carbocycles. The molecule has 1 amide bonds. The number of hydrogen-bond acceptors (Lipinski definition) is 3. The van der Waals surface area contributed by atoms with Gasteiger partial charge in [0.15, 0.2) is 0 Å². The molecule has 0 spiro atoms. The Hall–Kier alpha value is -1.03. The lowest BCUT2D eigenvalue weighted by Gasteiger charge is -2.30. The quantitative estimate of drug-likeness (QED) is 0.775. The van der Waals surface area contributed by atoms with Crippen molar-refractivity contribution in [2.45, 2.75) is 39.7 Å². The van der Waals surface area contributed by atoms with E-state index in [9.17, 15) is 4.79 Å². The van der Waals surface area contributed by atoms with Crippen LogP contribution in [0.15, 0.2) is 12.2 Å². The smallest absolute Gasteiger partial charge is 0.407 e. The molecule has 100 valence electrons. The Kier molecular flexibility index (Phi) is 8.50. The normalized spacial score (nSPS) is 17.4. The zero-order valence-corrected chi connectivity index (χ0v) is 11.4. The van der Waals surface area contributed by atoms with E-state index in [4.69, 9.17) is 4.74 Å². The molecule has 4 heteroatoms. The zero-order chi connectivity index (χ0) is 13.3. The fourth-order valence-electron chi connectivity index (χ4n) is 1.88. The van der Waals surface area contributed by atoms with Gasteiger partial charge in [-0.05, 0) is 25.7 Å². The van der Waals surface area contributed by atoms with Gasteiger partial charge in [-0.25, -0.2) is 4.79 Å². The van der Waals surface area contributed by atoms with Crippen molar-refractivity contribution >= 4 is 6.09 Å². The van der Waals surface area contributed by atoms with Gasteiger partial charge in [0, 0.05) is 13.2 Å². The minimum atomic E-state index is -0.394. The molecule has 4 nitrogen and oxygen atoms in total. The number of alkyl carbamates (subject to hydrolysis) is 1. The third-order valence-corrected chi connectivity index (χ3v) is 2.73. The number of hydrogen-bond donors (Lipinski definition) is 1. The first kappa shape index (κ1) is 16.0. The monoisotopic (exact) mass is 243 g/mol. The van der Waals surface area contributed by atoms with Gasteiger partial charge in [-0.3, -0.25) is 0 Å². The van der Waals surface area contributed by atoms with Crippen LogP contribution in [0.1, 0.15) is 33.6 Å². The van der Waals surface area contributed by atoms with Crippen LogP contribution in [0.4, 0.5) is 4.79 Å². The molecule has 1 heterocycles. The number of rotatable bonds is 3. The summed E-state index contributed by atoms with van der Waals surface area (Å²) in [5.41, 5.74) is 0.965. The maximum absolute atomic E-state index is 11.2. The maximum atomic E-state index is 11.2. The van der Waals surface area contributed by atoms with Crippen molar-refractivity contribution in [3.8, 4) is 0 Å². The number of nitrogens with one attached hydrogen (secondary N) is 1. The number of ether oxygens (including phenoxy) is 2. The van der Waals surface area contributed by atoms with Gasteiger partial charge in [-0.2, -0.15) is 0 Å². The van der Waals surface area contributed by atoms with Gasteiger partial charge in [0.25, 0.3) is 0 Å². The van der Waals surface area contributed by atoms with Crippen LogP contribution in [0.2, 0.25) is 0 Å². The van der Waals surface area contributed by atoms with E-state index < -0.39 is 6.09 Å². The minimum absolute atomic E-state index is 0.00125. The molecule has 1 rings (SSSR count). The highest BCUT2D eigenvalue weighted by Crippen LogP contribution is 2.22. The van der Waals surface area contributed by atoms with Crippen LogP contribution in [0.5, 0.6) is 0 Å². The summed E-state index contributed by atoms with van der Waals surface area (Å²) in [4.78, 5) is 11.2. The minimum Gasteiger partial charge on any atom is -0.453 e. The lowest BCUT2D eigenvalue weighted by molar-refractivity contribution is 0.0572. The molecule has 1 unspecified atom stereocenters. The standard InChI is InChI=1S/C11H19NO3.C2H6/c1-8(2)10(12-11(13)14-3)9-4-6-15-7-5-9;1-2/h9-10H,1,4-7H2,2-3H3,(H,12,13);1-2H3. The number of carbonyl (C=O) groups excluding carboxylic acids is 1. The second kappa shape index (κ2) is 9.05. The molecular formula is C13H25NO3. The summed E-state index contributed by atoms with van der Waals surface area (Å²) in [6.07, 6.45) is 1.53. The third-order valence-electron chi connectivity index (χ3n) is 2.73. The molecule has 1 fully saturated rings. The summed E-state index contributed by atoms with van der Waals surface area (Å²) in [6.45, 7) is 11.4. The summed E-state index contributed by atoms with van der Waals surface area (Å²) in [7, 11) is 1.37. The molecule has 1 N–H and O–H groups in total.